The van der Waals surface area contributed by atoms with Crippen LogP contribution in [0.15, 0.2) is 53.7 Å². The number of pyridine rings is 1. The average Bonchev–Trinajstić information content (AvgIpc) is 2.52. The van der Waals surface area contributed by atoms with Crippen molar-refractivity contribution in [2.75, 3.05) is 6.54 Å². The van der Waals surface area contributed by atoms with Crippen LogP contribution in [0.25, 0.3) is 0 Å². The molecule has 0 aliphatic heterocycles. The summed E-state index contributed by atoms with van der Waals surface area (Å²) in [5, 5.41) is 3.18. The van der Waals surface area contributed by atoms with Gasteiger partial charge in [-0.2, -0.15) is 0 Å². The van der Waals surface area contributed by atoms with Gasteiger partial charge in [0.15, 0.2) is 0 Å². The minimum absolute atomic E-state index is 0.252. The first-order valence-electron chi connectivity index (χ1n) is 6.80. The molecule has 21 heavy (non-hydrogen) atoms. The molecule has 5 nitrogen and oxygen atoms in total. The quantitative estimate of drug-likeness (QED) is 0.816. The zero-order chi connectivity index (χ0) is 15.1. The topological polar surface area (TPSA) is 71.1 Å². The van der Waals surface area contributed by atoms with E-state index in [9.17, 15) is 8.42 Å². The highest BCUT2D eigenvalue weighted by atomic mass is 32.2. The molecule has 0 aliphatic rings. The summed E-state index contributed by atoms with van der Waals surface area (Å²) < 4.78 is 27.2. The molecule has 112 valence electrons. The Balaban J connectivity index is 2.08. The third-order valence-electron chi connectivity index (χ3n) is 3.00. The predicted octanol–water partition coefficient (Wildman–Crippen LogP) is 1.67. The van der Waals surface area contributed by atoms with Gasteiger partial charge < -0.3 is 5.32 Å². The van der Waals surface area contributed by atoms with Crippen LogP contribution in [0.3, 0.4) is 0 Å². The van der Waals surface area contributed by atoms with Crippen molar-refractivity contribution in [3.05, 3.63) is 59.9 Å². The number of aromatic nitrogens is 1. The molecule has 0 atom stereocenters. The Morgan fingerprint density at radius 3 is 2.52 bits per heavy atom. The van der Waals surface area contributed by atoms with Crippen molar-refractivity contribution in [1.82, 2.24) is 15.0 Å². The van der Waals surface area contributed by atoms with Crippen molar-refractivity contribution in [3.8, 4) is 0 Å². The maximum absolute atomic E-state index is 12.3. The van der Waals surface area contributed by atoms with Gasteiger partial charge in [-0.05, 0) is 41.9 Å². The van der Waals surface area contributed by atoms with Crippen molar-refractivity contribution in [2.24, 2.45) is 0 Å². The predicted molar refractivity (Wildman–Crippen MR) is 82.1 cm³/mol. The summed E-state index contributed by atoms with van der Waals surface area (Å²) in [5.41, 5.74) is 1.82. The van der Waals surface area contributed by atoms with Gasteiger partial charge in [0.1, 0.15) is 0 Å². The number of hydrogen-bond donors (Lipinski definition) is 2. The molecule has 1 heterocycles. The lowest BCUT2D eigenvalue weighted by Gasteiger charge is -2.09. The summed E-state index contributed by atoms with van der Waals surface area (Å²) in [6, 6.07) is 10.5. The number of nitrogens with one attached hydrogen (secondary N) is 2. The highest BCUT2D eigenvalue weighted by Crippen LogP contribution is 2.12. The smallest absolute Gasteiger partial charge is 0.240 e. The fourth-order valence-electron chi connectivity index (χ4n) is 1.85. The molecule has 0 amide bonds. The maximum Gasteiger partial charge on any atom is 0.240 e. The molecule has 0 saturated carbocycles. The van der Waals surface area contributed by atoms with E-state index in [1.807, 2.05) is 13.0 Å². The van der Waals surface area contributed by atoms with Crippen molar-refractivity contribution >= 4 is 10.0 Å². The Hall–Kier alpha value is -1.76. The Labute approximate surface area is 125 Å². The molecule has 1 aromatic carbocycles. The van der Waals surface area contributed by atoms with Crippen LogP contribution in [0.5, 0.6) is 0 Å². The lowest BCUT2D eigenvalue weighted by molar-refractivity contribution is 0.581. The summed E-state index contributed by atoms with van der Waals surface area (Å²) >= 11 is 0. The minimum atomic E-state index is -3.50. The molecular formula is C15H19N3O2S. The Bertz CT molecular complexity index is 672. The molecule has 6 heteroatoms. The number of hydrogen-bond acceptors (Lipinski definition) is 4. The van der Waals surface area contributed by atoms with Crippen LogP contribution in [-0.2, 0) is 23.1 Å². The van der Waals surface area contributed by atoms with Crippen molar-refractivity contribution in [3.63, 3.8) is 0 Å². The first-order valence-corrected chi connectivity index (χ1v) is 8.28. The fourth-order valence-corrected chi connectivity index (χ4v) is 2.94. The van der Waals surface area contributed by atoms with Crippen LogP contribution in [0, 0.1) is 0 Å². The molecule has 0 unspecified atom stereocenters. The molecule has 2 N–H and O–H groups in total. The Morgan fingerprint density at radius 2 is 1.81 bits per heavy atom. The van der Waals surface area contributed by atoms with E-state index in [0.29, 0.717) is 6.54 Å². The molecule has 0 fully saturated rings. The summed E-state index contributed by atoms with van der Waals surface area (Å²) in [7, 11) is -3.50. The third kappa shape index (κ3) is 4.63. The van der Waals surface area contributed by atoms with Crippen LogP contribution in [0.4, 0.5) is 0 Å². The summed E-state index contributed by atoms with van der Waals surface area (Å²) in [4.78, 5) is 4.19. The van der Waals surface area contributed by atoms with E-state index in [1.54, 1.807) is 42.7 Å². The van der Waals surface area contributed by atoms with Crippen LogP contribution in [-0.4, -0.2) is 19.9 Å². The molecule has 0 aliphatic carbocycles. The van der Waals surface area contributed by atoms with E-state index in [2.05, 4.69) is 15.0 Å². The van der Waals surface area contributed by atoms with Gasteiger partial charge in [0.05, 0.1) is 4.90 Å². The third-order valence-corrected chi connectivity index (χ3v) is 4.40. The van der Waals surface area contributed by atoms with E-state index in [0.717, 1.165) is 17.7 Å². The van der Waals surface area contributed by atoms with Crippen LogP contribution in [0.1, 0.15) is 18.1 Å². The van der Waals surface area contributed by atoms with E-state index < -0.39 is 10.0 Å². The second-order valence-corrected chi connectivity index (χ2v) is 6.37. The molecule has 0 spiro atoms. The van der Waals surface area contributed by atoms with Gasteiger partial charge in [-0.3, -0.25) is 4.98 Å². The Kier molecular flexibility index (Phi) is 5.44. The number of nitrogens with zero attached hydrogens (tertiary/aromatic N) is 1. The molecular weight excluding hydrogens is 286 g/mol. The van der Waals surface area contributed by atoms with Crippen molar-refractivity contribution in [2.45, 2.75) is 24.9 Å². The van der Waals surface area contributed by atoms with Crippen molar-refractivity contribution in [1.29, 1.82) is 0 Å². The second-order valence-electron chi connectivity index (χ2n) is 4.61. The monoisotopic (exact) mass is 305 g/mol. The van der Waals surface area contributed by atoms with E-state index >= 15 is 0 Å². The molecule has 2 rings (SSSR count). The zero-order valence-electron chi connectivity index (χ0n) is 11.9. The molecule has 0 radical (unpaired) electrons. The van der Waals surface area contributed by atoms with Gasteiger partial charge in [-0.25, -0.2) is 13.1 Å². The van der Waals surface area contributed by atoms with E-state index in [-0.39, 0.29) is 11.4 Å². The number of sulfonamides is 1. The van der Waals surface area contributed by atoms with E-state index in [1.165, 1.54) is 0 Å². The lowest BCUT2D eigenvalue weighted by Crippen LogP contribution is -2.23. The first kappa shape index (κ1) is 15.6. The Morgan fingerprint density at radius 1 is 1.05 bits per heavy atom. The summed E-state index contributed by atoms with van der Waals surface area (Å²) in [6.45, 7) is 3.76. The number of benzene rings is 1. The zero-order valence-corrected chi connectivity index (χ0v) is 12.7. The average molecular weight is 305 g/mol. The molecule has 0 bridgehead atoms. The van der Waals surface area contributed by atoms with Crippen LogP contribution >= 0.6 is 0 Å². The van der Waals surface area contributed by atoms with Gasteiger partial charge in [0.2, 0.25) is 10.0 Å². The van der Waals surface area contributed by atoms with Gasteiger partial charge in [-0.1, -0.05) is 19.1 Å². The number of rotatable bonds is 7. The molecule has 0 saturated heterocycles. The van der Waals surface area contributed by atoms with Gasteiger partial charge >= 0.3 is 0 Å². The van der Waals surface area contributed by atoms with Gasteiger partial charge in [0.25, 0.3) is 0 Å². The van der Waals surface area contributed by atoms with Gasteiger partial charge in [0, 0.05) is 25.5 Å². The van der Waals surface area contributed by atoms with Crippen LogP contribution in [0.2, 0.25) is 0 Å². The molecule has 2 aromatic rings. The largest absolute Gasteiger partial charge is 0.313 e. The lowest BCUT2D eigenvalue weighted by atomic mass is 10.2. The van der Waals surface area contributed by atoms with Crippen LogP contribution < -0.4 is 10.0 Å². The second kappa shape index (κ2) is 7.31. The fraction of sp³-hybridized carbons (Fsp3) is 0.267. The first-order chi connectivity index (χ1) is 10.1. The maximum atomic E-state index is 12.3. The standard InChI is InChI=1S/C15H19N3O2S/c1-2-16-11-14-4-3-5-15(10-14)21(19,20)18-12-13-6-8-17-9-7-13/h3-10,16,18H,2,11-12H2,1H3. The normalized spacial score (nSPS) is 11.5. The van der Waals surface area contributed by atoms with Crippen molar-refractivity contribution < 1.29 is 8.42 Å². The highest BCUT2D eigenvalue weighted by molar-refractivity contribution is 7.89. The minimum Gasteiger partial charge on any atom is -0.313 e. The summed E-state index contributed by atoms with van der Waals surface area (Å²) in [5.74, 6) is 0. The van der Waals surface area contributed by atoms with Gasteiger partial charge in [-0.15, -0.1) is 0 Å². The van der Waals surface area contributed by atoms with E-state index in [4.69, 9.17) is 0 Å². The highest BCUT2D eigenvalue weighted by Gasteiger charge is 2.13. The summed E-state index contributed by atoms with van der Waals surface area (Å²) in [6.07, 6.45) is 3.28. The SMILES string of the molecule is CCNCc1cccc(S(=O)(=O)NCc2ccncc2)c1. The molecule has 1 aromatic heterocycles.